The minimum Gasteiger partial charge on any atom is -0.392 e. The summed E-state index contributed by atoms with van der Waals surface area (Å²) in [4.78, 5) is 2.07. The molecule has 0 heterocycles. The molecule has 1 atom stereocenters. The fraction of sp³-hybridized carbons (Fsp3) is 0.462. The van der Waals surface area contributed by atoms with Crippen LogP contribution in [0.2, 0.25) is 5.02 Å². The Hall–Kier alpha value is -1.24. The lowest BCUT2D eigenvalue weighted by molar-refractivity contribution is 0.282. The largest absolute Gasteiger partial charge is 0.392 e. The van der Waals surface area contributed by atoms with Gasteiger partial charge in [0.15, 0.2) is 0 Å². The number of aliphatic hydroxyl groups is 1. The second-order valence-electron chi connectivity index (χ2n) is 4.01. The van der Waals surface area contributed by atoms with E-state index in [1.54, 1.807) is 6.07 Å². The van der Waals surface area contributed by atoms with Crippen molar-refractivity contribution in [1.82, 2.24) is 0 Å². The standard InChI is InChI=1S/C13H17ClN2O/c1-3-16(8-10(2)7-15)13-5-4-11(9-17)6-12(13)14/h4-6,10,17H,3,8-9H2,1-2H3. The molecule has 3 nitrogen and oxygen atoms in total. The lowest BCUT2D eigenvalue weighted by Crippen LogP contribution is -2.28. The van der Waals surface area contributed by atoms with Gasteiger partial charge in [0.05, 0.1) is 29.3 Å². The maximum absolute atomic E-state index is 9.02. The van der Waals surface area contributed by atoms with Gasteiger partial charge >= 0.3 is 0 Å². The highest BCUT2D eigenvalue weighted by Crippen LogP contribution is 2.27. The Morgan fingerprint density at radius 3 is 2.71 bits per heavy atom. The van der Waals surface area contributed by atoms with Gasteiger partial charge in [0.1, 0.15) is 0 Å². The first kappa shape index (κ1) is 13.8. The molecule has 0 aliphatic heterocycles. The normalized spacial score (nSPS) is 11.9. The quantitative estimate of drug-likeness (QED) is 0.877. The minimum atomic E-state index is -0.0384. The molecule has 1 rings (SSSR count). The molecule has 0 aliphatic carbocycles. The third-order valence-corrected chi connectivity index (χ3v) is 2.93. The molecule has 92 valence electrons. The summed E-state index contributed by atoms with van der Waals surface area (Å²) in [5, 5.41) is 18.5. The Labute approximate surface area is 107 Å². The summed E-state index contributed by atoms with van der Waals surface area (Å²) in [6, 6.07) is 7.72. The molecule has 0 saturated heterocycles. The molecule has 0 bridgehead atoms. The Morgan fingerprint density at radius 2 is 2.24 bits per heavy atom. The maximum Gasteiger partial charge on any atom is 0.0682 e. The number of nitrogens with zero attached hydrogens (tertiary/aromatic N) is 2. The van der Waals surface area contributed by atoms with Gasteiger partial charge in [-0.1, -0.05) is 17.7 Å². The van der Waals surface area contributed by atoms with Crippen molar-refractivity contribution in [1.29, 1.82) is 5.26 Å². The Balaban J connectivity index is 2.93. The van der Waals surface area contributed by atoms with Gasteiger partial charge in [-0.15, -0.1) is 0 Å². The number of nitriles is 1. The highest BCUT2D eigenvalue weighted by molar-refractivity contribution is 6.33. The summed E-state index contributed by atoms with van der Waals surface area (Å²) in [5.74, 6) is -0.0384. The van der Waals surface area contributed by atoms with Crippen LogP contribution in [0.4, 0.5) is 5.69 Å². The van der Waals surface area contributed by atoms with E-state index in [1.165, 1.54) is 0 Å². The summed E-state index contributed by atoms with van der Waals surface area (Å²) in [6.07, 6.45) is 0. The van der Waals surface area contributed by atoms with E-state index in [0.29, 0.717) is 11.6 Å². The van der Waals surface area contributed by atoms with Crippen LogP contribution < -0.4 is 4.90 Å². The molecule has 0 aromatic heterocycles. The van der Waals surface area contributed by atoms with E-state index >= 15 is 0 Å². The molecule has 0 aliphatic rings. The van der Waals surface area contributed by atoms with E-state index < -0.39 is 0 Å². The number of anilines is 1. The van der Waals surface area contributed by atoms with Gasteiger partial charge in [-0.05, 0) is 31.5 Å². The van der Waals surface area contributed by atoms with Crippen molar-refractivity contribution in [3.63, 3.8) is 0 Å². The Bertz CT molecular complexity index is 414. The van der Waals surface area contributed by atoms with Crippen LogP contribution in [0.15, 0.2) is 18.2 Å². The van der Waals surface area contributed by atoms with Crippen molar-refractivity contribution in [3.8, 4) is 6.07 Å². The van der Waals surface area contributed by atoms with E-state index in [2.05, 4.69) is 11.0 Å². The van der Waals surface area contributed by atoms with Crippen molar-refractivity contribution in [3.05, 3.63) is 28.8 Å². The molecule has 1 aromatic carbocycles. The molecule has 0 spiro atoms. The van der Waals surface area contributed by atoms with Crippen molar-refractivity contribution in [2.24, 2.45) is 5.92 Å². The van der Waals surface area contributed by atoms with Crippen molar-refractivity contribution in [2.75, 3.05) is 18.0 Å². The van der Waals surface area contributed by atoms with E-state index in [4.69, 9.17) is 22.0 Å². The van der Waals surface area contributed by atoms with E-state index in [1.807, 2.05) is 26.0 Å². The third kappa shape index (κ3) is 3.62. The summed E-state index contributed by atoms with van der Waals surface area (Å²) in [5.41, 5.74) is 1.71. The number of aliphatic hydroxyl groups excluding tert-OH is 1. The Kier molecular flexibility index (Phi) is 5.27. The number of benzene rings is 1. The molecule has 0 amide bonds. The van der Waals surface area contributed by atoms with Crippen LogP contribution in [0.25, 0.3) is 0 Å². The SMILES string of the molecule is CCN(CC(C)C#N)c1ccc(CO)cc1Cl. The molecule has 1 aromatic rings. The number of hydrogen-bond acceptors (Lipinski definition) is 3. The molecule has 1 unspecified atom stereocenters. The van der Waals surface area contributed by atoms with Crippen LogP contribution in [0, 0.1) is 17.2 Å². The van der Waals surface area contributed by atoms with Crippen LogP contribution in [0.1, 0.15) is 19.4 Å². The summed E-state index contributed by atoms with van der Waals surface area (Å²) < 4.78 is 0. The van der Waals surface area contributed by atoms with E-state index in [9.17, 15) is 0 Å². The first-order chi connectivity index (χ1) is 8.12. The molecule has 0 saturated carbocycles. The first-order valence-corrected chi connectivity index (χ1v) is 6.04. The van der Waals surface area contributed by atoms with Crippen LogP contribution >= 0.6 is 11.6 Å². The summed E-state index contributed by atoms with van der Waals surface area (Å²) >= 11 is 6.17. The maximum atomic E-state index is 9.02. The highest BCUT2D eigenvalue weighted by atomic mass is 35.5. The van der Waals surface area contributed by atoms with Gasteiger partial charge in [0, 0.05) is 13.1 Å². The Morgan fingerprint density at radius 1 is 1.53 bits per heavy atom. The van der Waals surface area contributed by atoms with Gasteiger partial charge in [0.25, 0.3) is 0 Å². The number of hydrogen-bond donors (Lipinski definition) is 1. The zero-order chi connectivity index (χ0) is 12.8. The average Bonchev–Trinajstić information content (AvgIpc) is 2.35. The lowest BCUT2D eigenvalue weighted by atomic mass is 10.1. The van der Waals surface area contributed by atoms with Gasteiger partial charge in [0.2, 0.25) is 0 Å². The van der Waals surface area contributed by atoms with Crippen LogP contribution in [-0.4, -0.2) is 18.2 Å². The monoisotopic (exact) mass is 252 g/mol. The van der Waals surface area contributed by atoms with Crippen molar-refractivity contribution in [2.45, 2.75) is 20.5 Å². The summed E-state index contributed by atoms with van der Waals surface area (Å²) in [6.45, 7) is 5.36. The molecule has 0 fully saturated rings. The molecular weight excluding hydrogens is 236 g/mol. The number of rotatable bonds is 5. The van der Waals surface area contributed by atoms with E-state index in [-0.39, 0.29) is 12.5 Å². The first-order valence-electron chi connectivity index (χ1n) is 5.66. The molecule has 0 radical (unpaired) electrons. The van der Waals surface area contributed by atoms with Crippen LogP contribution in [-0.2, 0) is 6.61 Å². The number of halogens is 1. The lowest BCUT2D eigenvalue weighted by Gasteiger charge is -2.25. The second kappa shape index (κ2) is 6.48. The predicted molar refractivity (Wildman–Crippen MR) is 70.0 cm³/mol. The molecule has 1 N–H and O–H groups in total. The van der Waals surface area contributed by atoms with Crippen molar-refractivity contribution < 1.29 is 5.11 Å². The smallest absolute Gasteiger partial charge is 0.0682 e. The minimum absolute atomic E-state index is 0.0132. The summed E-state index contributed by atoms with van der Waals surface area (Å²) in [7, 11) is 0. The van der Waals surface area contributed by atoms with Crippen LogP contribution in [0.3, 0.4) is 0 Å². The molecular formula is C13H17ClN2O. The fourth-order valence-corrected chi connectivity index (χ4v) is 2.00. The van der Waals surface area contributed by atoms with Gasteiger partial charge in [-0.3, -0.25) is 0 Å². The zero-order valence-electron chi connectivity index (χ0n) is 10.2. The fourth-order valence-electron chi connectivity index (χ4n) is 1.67. The third-order valence-electron chi connectivity index (χ3n) is 2.63. The molecule has 4 heteroatoms. The zero-order valence-corrected chi connectivity index (χ0v) is 10.9. The van der Waals surface area contributed by atoms with Crippen LogP contribution in [0.5, 0.6) is 0 Å². The highest BCUT2D eigenvalue weighted by Gasteiger charge is 2.12. The van der Waals surface area contributed by atoms with Crippen molar-refractivity contribution >= 4 is 17.3 Å². The molecule has 17 heavy (non-hydrogen) atoms. The van der Waals surface area contributed by atoms with Gasteiger partial charge < -0.3 is 10.0 Å². The second-order valence-corrected chi connectivity index (χ2v) is 4.42. The van der Waals surface area contributed by atoms with E-state index in [0.717, 1.165) is 17.8 Å². The van der Waals surface area contributed by atoms with Gasteiger partial charge in [-0.25, -0.2) is 0 Å². The topological polar surface area (TPSA) is 47.3 Å². The average molecular weight is 253 g/mol. The van der Waals surface area contributed by atoms with Gasteiger partial charge in [-0.2, -0.15) is 5.26 Å². The predicted octanol–water partition coefficient (Wildman–Crippen LogP) is 2.82.